The fraction of sp³-hybridized carbons (Fsp3) is 0.238. The number of fused-ring (bicyclic) bond motifs is 1. The van der Waals surface area contributed by atoms with E-state index in [1.54, 1.807) is 6.07 Å². The Morgan fingerprint density at radius 1 is 1.17 bits per heavy atom. The quantitative estimate of drug-likeness (QED) is 0.538. The maximum atomic E-state index is 12.5. The number of hydrogen-bond donors (Lipinski definition) is 3. The predicted molar refractivity (Wildman–Crippen MR) is 115 cm³/mol. The van der Waals surface area contributed by atoms with E-state index in [1.165, 1.54) is 30.3 Å². The number of aromatic nitrogens is 2. The van der Waals surface area contributed by atoms with Crippen molar-refractivity contribution in [2.24, 2.45) is 0 Å². The van der Waals surface area contributed by atoms with Gasteiger partial charge in [0.05, 0.1) is 15.9 Å². The van der Waals surface area contributed by atoms with Gasteiger partial charge in [-0.2, -0.15) is 0 Å². The van der Waals surface area contributed by atoms with Crippen molar-refractivity contribution in [2.45, 2.75) is 31.1 Å². The molecule has 0 saturated heterocycles. The van der Waals surface area contributed by atoms with Crippen LogP contribution in [0.1, 0.15) is 37.0 Å². The van der Waals surface area contributed by atoms with Crippen molar-refractivity contribution < 1.29 is 13.2 Å². The van der Waals surface area contributed by atoms with Gasteiger partial charge >= 0.3 is 0 Å². The Hall–Kier alpha value is -2.97. The van der Waals surface area contributed by atoms with Gasteiger partial charge in [0, 0.05) is 23.2 Å². The maximum Gasteiger partial charge on any atom is 0.255 e. The first-order chi connectivity index (χ1) is 13.6. The average Bonchev–Trinajstić information content (AvgIpc) is 3.10. The van der Waals surface area contributed by atoms with Crippen molar-refractivity contribution in [3.8, 4) is 0 Å². The Labute approximate surface area is 170 Å². The molecule has 3 rings (SSSR count). The van der Waals surface area contributed by atoms with Crippen LogP contribution in [0.5, 0.6) is 0 Å². The molecule has 8 heteroatoms. The van der Waals surface area contributed by atoms with E-state index in [2.05, 4.69) is 47.4 Å². The third-order valence-electron chi connectivity index (χ3n) is 4.29. The van der Waals surface area contributed by atoms with Gasteiger partial charge in [-0.25, -0.2) is 18.1 Å². The van der Waals surface area contributed by atoms with E-state index in [9.17, 15) is 13.2 Å². The number of carbonyl (C=O) groups is 1. The van der Waals surface area contributed by atoms with Crippen LogP contribution in [0.4, 0.5) is 5.69 Å². The summed E-state index contributed by atoms with van der Waals surface area (Å²) in [5.41, 5.74) is 2.53. The lowest BCUT2D eigenvalue weighted by Gasteiger charge is -2.13. The number of sulfonamides is 1. The maximum absolute atomic E-state index is 12.5. The molecule has 3 N–H and O–H groups in total. The lowest BCUT2D eigenvalue weighted by atomic mass is 9.96. The molecular weight excluding hydrogens is 388 g/mol. The van der Waals surface area contributed by atoms with Crippen LogP contribution in [-0.4, -0.2) is 30.8 Å². The number of carbonyl (C=O) groups excluding carboxylic acids is 1. The molecule has 152 valence electrons. The molecule has 0 spiro atoms. The number of nitrogens with one attached hydrogen (secondary N) is 3. The molecule has 0 fully saturated rings. The summed E-state index contributed by atoms with van der Waals surface area (Å²) in [7, 11) is -3.62. The summed E-state index contributed by atoms with van der Waals surface area (Å²) in [6.07, 6.45) is 1.46. The largest absolute Gasteiger partial charge is 0.341 e. The van der Waals surface area contributed by atoms with Crippen LogP contribution in [0.15, 0.2) is 60.0 Å². The molecule has 3 aromatic rings. The molecule has 2 aromatic carbocycles. The van der Waals surface area contributed by atoms with Crippen LogP contribution in [0.3, 0.4) is 0 Å². The monoisotopic (exact) mass is 412 g/mol. The van der Waals surface area contributed by atoms with Crippen molar-refractivity contribution in [1.29, 1.82) is 0 Å². The third-order valence-corrected chi connectivity index (χ3v) is 5.73. The highest BCUT2D eigenvalue weighted by Gasteiger charge is 2.18. The summed E-state index contributed by atoms with van der Waals surface area (Å²) < 4.78 is 26.6. The highest BCUT2D eigenvalue weighted by atomic mass is 32.2. The minimum absolute atomic E-state index is 0.0875. The van der Waals surface area contributed by atoms with Crippen LogP contribution in [-0.2, 0) is 15.4 Å². The molecule has 0 aliphatic carbocycles. The minimum atomic E-state index is -3.62. The first-order valence-electron chi connectivity index (χ1n) is 9.12. The SMILES string of the molecule is C=CCNS(=O)(=O)c1ccc(C(=O)Nc2ccc3nc(C(C)(C)C)[nH]c3c2)cc1. The van der Waals surface area contributed by atoms with Gasteiger partial charge in [0.25, 0.3) is 5.91 Å². The Morgan fingerprint density at radius 2 is 1.86 bits per heavy atom. The zero-order valence-electron chi connectivity index (χ0n) is 16.6. The molecule has 1 aromatic heterocycles. The number of benzene rings is 2. The Bertz CT molecular complexity index is 1160. The molecule has 0 bridgehead atoms. The standard InChI is InChI=1S/C21H24N4O3S/c1-5-12-22-29(27,28)16-9-6-14(7-10-16)19(26)23-15-8-11-17-18(13-15)25-20(24-17)21(2,3)4/h5-11,13,22H,1,12H2,2-4H3,(H,23,26)(H,24,25). The van der Waals surface area contributed by atoms with Crippen molar-refractivity contribution >= 4 is 32.7 Å². The average molecular weight is 413 g/mol. The number of nitrogens with zero attached hydrogens (tertiary/aromatic N) is 1. The summed E-state index contributed by atoms with van der Waals surface area (Å²) in [6, 6.07) is 11.2. The van der Waals surface area contributed by atoms with Gasteiger partial charge in [-0.05, 0) is 42.5 Å². The number of H-pyrrole nitrogens is 1. The van der Waals surface area contributed by atoms with Crippen molar-refractivity contribution in [3.63, 3.8) is 0 Å². The van der Waals surface area contributed by atoms with E-state index in [-0.39, 0.29) is 22.8 Å². The van der Waals surface area contributed by atoms with E-state index in [0.29, 0.717) is 11.3 Å². The number of anilines is 1. The molecule has 1 amide bonds. The second-order valence-electron chi connectivity index (χ2n) is 7.69. The van der Waals surface area contributed by atoms with Crippen molar-refractivity contribution in [3.05, 3.63) is 66.5 Å². The molecule has 7 nitrogen and oxygen atoms in total. The number of rotatable bonds is 6. The lowest BCUT2D eigenvalue weighted by Crippen LogP contribution is -2.23. The van der Waals surface area contributed by atoms with Gasteiger partial charge in [-0.15, -0.1) is 6.58 Å². The van der Waals surface area contributed by atoms with Crippen LogP contribution in [0.25, 0.3) is 11.0 Å². The molecule has 0 radical (unpaired) electrons. The molecule has 0 atom stereocenters. The van der Waals surface area contributed by atoms with Crippen molar-refractivity contribution in [1.82, 2.24) is 14.7 Å². The van der Waals surface area contributed by atoms with Crippen LogP contribution in [0.2, 0.25) is 0 Å². The number of amides is 1. The Kier molecular flexibility index (Phi) is 5.59. The first kappa shape index (κ1) is 20.8. The number of hydrogen-bond acceptors (Lipinski definition) is 4. The Balaban J connectivity index is 1.77. The molecular formula is C21H24N4O3S. The second-order valence-corrected chi connectivity index (χ2v) is 9.45. The van der Waals surface area contributed by atoms with Gasteiger partial charge in [0.2, 0.25) is 10.0 Å². The Morgan fingerprint density at radius 3 is 2.48 bits per heavy atom. The highest BCUT2D eigenvalue weighted by Crippen LogP contribution is 2.24. The molecule has 0 aliphatic heterocycles. The molecule has 1 heterocycles. The zero-order chi connectivity index (χ0) is 21.2. The fourth-order valence-corrected chi connectivity index (χ4v) is 3.68. The van der Waals surface area contributed by atoms with Gasteiger partial charge in [0.1, 0.15) is 5.82 Å². The predicted octanol–water partition coefficient (Wildman–Crippen LogP) is 3.58. The summed E-state index contributed by atoms with van der Waals surface area (Å²) >= 11 is 0. The smallest absolute Gasteiger partial charge is 0.255 e. The molecule has 0 aliphatic rings. The molecule has 0 unspecified atom stereocenters. The van der Waals surface area contributed by atoms with Crippen LogP contribution >= 0.6 is 0 Å². The van der Waals surface area contributed by atoms with Crippen LogP contribution < -0.4 is 10.0 Å². The minimum Gasteiger partial charge on any atom is -0.341 e. The first-order valence-corrected chi connectivity index (χ1v) is 10.6. The van der Waals surface area contributed by atoms with Crippen molar-refractivity contribution in [2.75, 3.05) is 11.9 Å². The van der Waals surface area contributed by atoms with Gasteiger partial charge in [0.15, 0.2) is 0 Å². The summed E-state index contributed by atoms with van der Waals surface area (Å²) in [5.74, 6) is 0.542. The topological polar surface area (TPSA) is 104 Å². The number of imidazole rings is 1. The summed E-state index contributed by atoms with van der Waals surface area (Å²) in [4.78, 5) is 20.5. The summed E-state index contributed by atoms with van der Waals surface area (Å²) in [5, 5.41) is 2.83. The van der Waals surface area contributed by atoms with E-state index in [1.807, 2.05) is 12.1 Å². The van der Waals surface area contributed by atoms with E-state index in [4.69, 9.17) is 0 Å². The second kappa shape index (κ2) is 7.81. The third kappa shape index (κ3) is 4.72. The van der Waals surface area contributed by atoms with E-state index < -0.39 is 10.0 Å². The zero-order valence-corrected chi connectivity index (χ0v) is 17.4. The number of aromatic amines is 1. The molecule has 0 saturated carbocycles. The fourth-order valence-electron chi connectivity index (χ4n) is 2.68. The normalized spacial score (nSPS) is 12.1. The van der Waals surface area contributed by atoms with E-state index in [0.717, 1.165) is 16.9 Å². The van der Waals surface area contributed by atoms with Gasteiger partial charge in [-0.1, -0.05) is 26.8 Å². The molecule has 29 heavy (non-hydrogen) atoms. The van der Waals surface area contributed by atoms with E-state index >= 15 is 0 Å². The lowest BCUT2D eigenvalue weighted by molar-refractivity contribution is 0.102. The van der Waals surface area contributed by atoms with Crippen LogP contribution in [0, 0.1) is 0 Å². The summed E-state index contributed by atoms with van der Waals surface area (Å²) in [6.45, 7) is 9.84. The highest BCUT2D eigenvalue weighted by molar-refractivity contribution is 7.89. The van der Waals surface area contributed by atoms with Gasteiger partial charge in [-0.3, -0.25) is 4.79 Å². The van der Waals surface area contributed by atoms with Gasteiger partial charge < -0.3 is 10.3 Å².